The van der Waals surface area contributed by atoms with Gasteiger partial charge in [0.15, 0.2) is 5.58 Å². The van der Waals surface area contributed by atoms with E-state index < -0.39 is 0 Å². The summed E-state index contributed by atoms with van der Waals surface area (Å²) in [7, 11) is 0. The number of nitrogens with zero attached hydrogens (tertiary/aromatic N) is 2. The fraction of sp³-hybridized carbons (Fsp3) is 0.0476. The van der Waals surface area contributed by atoms with E-state index in [0.29, 0.717) is 10.9 Å². The standard InChI is InChI=1S/C21H15ClN2O/c1-14-6-11-20-19(12-14)24-21(25-20)15-7-9-17(10-8-15)23-13-16-4-2-3-5-18(16)22/h2-13H,1H3. The van der Waals surface area contributed by atoms with Gasteiger partial charge in [-0.2, -0.15) is 0 Å². The molecule has 1 aromatic heterocycles. The van der Waals surface area contributed by atoms with Crippen molar-refractivity contribution in [2.45, 2.75) is 6.92 Å². The number of benzene rings is 3. The predicted octanol–water partition coefficient (Wildman–Crippen LogP) is 6.21. The summed E-state index contributed by atoms with van der Waals surface area (Å²) < 4.78 is 5.83. The van der Waals surface area contributed by atoms with Gasteiger partial charge < -0.3 is 4.42 Å². The van der Waals surface area contributed by atoms with Crippen molar-refractivity contribution in [2.24, 2.45) is 4.99 Å². The molecular formula is C21H15ClN2O. The summed E-state index contributed by atoms with van der Waals surface area (Å²) in [5, 5.41) is 0.685. The molecule has 4 aromatic rings. The van der Waals surface area contributed by atoms with Crippen LogP contribution < -0.4 is 0 Å². The van der Waals surface area contributed by atoms with Gasteiger partial charge in [0.2, 0.25) is 5.89 Å². The lowest BCUT2D eigenvalue weighted by Crippen LogP contribution is -1.81. The molecule has 0 radical (unpaired) electrons. The lowest BCUT2D eigenvalue weighted by atomic mass is 10.2. The molecule has 0 spiro atoms. The highest BCUT2D eigenvalue weighted by Crippen LogP contribution is 2.26. The molecule has 0 bridgehead atoms. The maximum atomic E-state index is 6.13. The SMILES string of the molecule is Cc1ccc2oc(-c3ccc(N=Cc4ccccc4Cl)cc3)nc2c1. The summed E-state index contributed by atoms with van der Waals surface area (Å²) >= 11 is 6.13. The van der Waals surface area contributed by atoms with Crippen LogP contribution in [0.1, 0.15) is 11.1 Å². The third-order valence-electron chi connectivity index (χ3n) is 3.92. The van der Waals surface area contributed by atoms with Gasteiger partial charge in [-0.3, -0.25) is 4.99 Å². The monoisotopic (exact) mass is 346 g/mol. The number of fused-ring (bicyclic) bond motifs is 1. The number of hydrogen-bond acceptors (Lipinski definition) is 3. The number of oxazole rings is 1. The van der Waals surface area contributed by atoms with Crippen molar-refractivity contribution in [1.82, 2.24) is 4.98 Å². The van der Waals surface area contributed by atoms with Gasteiger partial charge in [0.05, 0.1) is 5.69 Å². The second-order valence-corrected chi connectivity index (χ2v) is 6.22. The Morgan fingerprint density at radius 3 is 2.60 bits per heavy atom. The Labute approximate surface area is 150 Å². The first-order valence-corrected chi connectivity index (χ1v) is 8.33. The topological polar surface area (TPSA) is 38.4 Å². The first kappa shape index (κ1) is 15.6. The molecule has 0 N–H and O–H groups in total. The Morgan fingerprint density at radius 1 is 1.00 bits per heavy atom. The Balaban J connectivity index is 1.60. The van der Waals surface area contributed by atoms with Gasteiger partial charge in [0, 0.05) is 22.4 Å². The maximum absolute atomic E-state index is 6.13. The summed E-state index contributed by atoms with van der Waals surface area (Å²) in [5.41, 5.74) is 5.48. The number of hydrogen-bond donors (Lipinski definition) is 0. The lowest BCUT2D eigenvalue weighted by Gasteiger charge is -1.98. The molecule has 4 rings (SSSR count). The van der Waals surface area contributed by atoms with Gasteiger partial charge >= 0.3 is 0 Å². The van der Waals surface area contributed by atoms with Gasteiger partial charge in [0.25, 0.3) is 0 Å². The van der Waals surface area contributed by atoms with Gasteiger partial charge in [-0.25, -0.2) is 4.98 Å². The molecule has 0 aliphatic carbocycles. The van der Waals surface area contributed by atoms with Gasteiger partial charge in [-0.1, -0.05) is 35.9 Å². The Hall–Kier alpha value is -2.91. The molecule has 0 saturated carbocycles. The summed E-state index contributed by atoms with van der Waals surface area (Å²) in [6.45, 7) is 2.04. The highest BCUT2D eigenvalue weighted by Gasteiger charge is 2.08. The molecule has 3 nitrogen and oxygen atoms in total. The molecule has 0 aliphatic rings. The van der Waals surface area contributed by atoms with Gasteiger partial charge in [-0.05, 0) is 55.0 Å². The zero-order chi connectivity index (χ0) is 17.2. The van der Waals surface area contributed by atoms with Crippen molar-refractivity contribution < 1.29 is 4.42 Å². The molecule has 0 saturated heterocycles. The molecule has 0 atom stereocenters. The summed E-state index contributed by atoms with van der Waals surface area (Å²) in [5.74, 6) is 0.613. The Morgan fingerprint density at radius 2 is 1.80 bits per heavy atom. The molecule has 1 heterocycles. The van der Waals surface area contributed by atoms with Crippen molar-refractivity contribution in [2.75, 3.05) is 0 Å². The third kappa shape index (κ3) is 3.32. The van der Waals surface area contributed by atoms with E-state index in [1.807, 2.05) is 73.7 Å². The molecular weight excluding hydrogens is 332 g/mol. The minimum atomic E-state index is 0.613. The van der Waals surface area contributed by atoms with Crippen molar-refractivity contribution in [3.63, 3.8) is 0 Å². The van der Waals surface area contributed by atoms with Crippen LogP contribution in [0.2, 0.25) is 5.02 Å². The average molecular weight is 347 g/mol. The van der Waals surface area contributed by atoms with Crippen molar-refractivity contribution in [1.29, 1.82) is 0 Å². The number of halogens is 1. The first-order chi connectivity index (χ1) is 12.2. The van der Waals surface area contributed by atoms with Crippen LogP contribution in [-0.4, -0.2) is 11.2 Å². The largest absolute Gasteiger partial charge is 0.436 e. The van der Waals surface area contributed by atoms with Gasteiger partial charge in [0.1, 0.15) is 5.52 Å². The van der Waals surface area contributed by atoms with E-state index in [9.17, 15) is 0 Å². The Bertz CT molecular complexity index is 1060. The minimum absolute atomic E-state index is 0.613. The van der Waals surface area contributed by atoms with E-state index >= 15 is 0 Å². The maximum Gasteiger partial charge on any atom is 0.227 e. The molecule has 4 heteroatoms. The van der Waals surface area contributed by atoms with E-state index in [1.165, 1.54) is 0 Å². The van der Waals surface area contributed by atoms with Crippen LogP contribution in [0.5, 0.6) is 0 Å². The number of aliphatic imine (C=N–C) groups is 1. The minimum Gasteiger partial charge on any atom is -0.436 e. The second kappa shape index (κ2) is 6.54. The number of aryl methyl sites for hydroxylation is 1. The third-order valence-corrected chi connectivity index (χ3v) is 4.26. The number of aromatic nitrogens is 1. The fourth-order valence-corrected chi connectivity index (χ4v) is 2.76. The normalized spacial score (nSPS) is 11.4. The quantitative estimate of drug-likeness (QED) is 0.414. The zero-order valence-electron chi connectivity index (χ0n) is 13.6. The van der Waals surface area contributed by atoms with E-state index in [2.05, 4.69) is 9.98 Å². The fourth-order valence-electron chi connectivity index (χ4n) is 2.57. The molecule has 3 aromatic carbocycles. The van der Waals surface area contributed by atoms with Crippen LogP contribution in [0.4, 0.5) is 5.69 Å². The van der Waals surface area contributed by atoms with E-state index in [0.717, 1.165) is 33.5 Å². The van der Waals surface area contributed by atoms with Crippen LogP contribution in [0.3, 0.4) is 0 Å². The predicted molar refractivity (Wildman–Crippen MR) is 103 cm³/mol. The van der Waals surface area contributed by atoms with Crippen molar-refractivity contribution >= 4 is 34.6 Å². The zero-order valence-corrected chi connectivity index (χ0v) is 14.4. The van der Waals surface area contributed by atoms with Crippen LogP contribution in [0.15, 0.2) is 76.1 Å². The van der Waals surface area contributed by atoms with E-state index in [1.54, 1.807) is 6.21 Å². The molecule has 0 aliphatic heterocycles. The first-order valence-electron chi connectivity index (χ1n) is 7.95. The van der Waals surface area contributed by atoms with Crippen LogP contribution >= 0.6 is 11.6 Å². The summed E-state index contributed by atoms with van der Waals surface area (Å²) in [6.07, 6.45) is 1.76. The highest BCUT2D eigenvalue weighted by atomic mass is 35.5. The average Bonchev–Trinajstić information content (AvgIpc) is 3.04. The lowest BCUT2D eigenvalue weighted by molar-refractivity contribution is 0.620. The van der Waals surface area contributed by atoms with Crippen LogP contribution in [-0.2, 0) is 0 Å². The molecule has 0 amide bonds. The Kier molecular flexibility index (Phi) is 4.08. The van der Waals surface area contributed by atoms with Crippen LogP contribution in [0, 0.1) is 6.92 Å². The second-order valence-electron chi connectivity index (χ2n) is 5.82. The van der Waals surface area contributed by atoms with Crippen molar-refractivity contribution in [3.05, 3.63) is 82.9 Å². The van der Waals surface area contributed by atoms with Gasteiger partial charge in [-0.15, -0.1) is 0 Å². The molecule has 0 unspecified atom stereocenters. The molecule has 122 valence electrons. The van der Waals surface area contributed by atoms with E-state index in [-0.39, 0.29) is 0 Å². The van der Waals surface area contributed by atoms with Crippen molar-refractivity contribution in [3.8, 4) is 11.5 Å². The smallest absolute Gasteiger partial charge is 0.227 e. The highest BCUT2D eigenvalue weighted by molar-refractivity contribution is 6.33. The van der Waals surface area contributed by atoms with E-state index in [4.69, 9.17) is 16.0 Å². The molecule has 0 fully saturated rings. The summed E-state index contributed by atoms with van der Waals surface area (Å²) in [6, 6.07) is 21.4. The summed E-state index contributed by atoms with van der Waals surface area (Å²) in [4.78, 5) is 9.02. The van der Waals surface area contributed by atoms with Crippen LogP contribution in [0.25, 0.3) is 22.6 Å². The molecule has 25 heavy (non-hydrogen) atoms. The number of rotatable bonds is 3.